The van der Waals surface area contributed by atoms with Gasteiger partial charge < -0.3 is 14.7 Å². The summed E-state index contributed by atoms with van der Waals surface area (Å²) in [4.78, 5) is 31.9. The van der Waals surface area contributed by atoms with E-state index in [2.05, 4.69) is 6.92 Å². The number of aryl methyl sites for hydroxylation is 1. The molecule has 0 saturated heterocycles. The van der Waals surface area contributed by atoms with Gasteiger partial charge in [-0.15, -0.1) is 0 Å². The van der Waals surface area contributed by atoms with Gasteiger partial charge in [-0.05, 0) is 59.9 Å². The number of imidazole rings is 1. The lowest BCUT2D eigenvalue weighted by molar-refractivity contribution is -0.145. The second-order valence-corrected chi connectivity index (χ2v) is 10.5. The number of hydrogen-bond acceptors (Lipinski definition) is 4. The normalized spacial score (nSPS) is 13.4. The maximum absolute atomic E-state index is 13.4. The molecule has 0 bridgehead atoms. The van der Waals surface area contributed by atoms with E-state index >= 15 is 0 Å². The van der Waals surface area contributed by atoms with Gasteiger partial charge in [-0.1, -0.05) is 67.6 Å². The molecule has 7 nitrogen and oxygen atoms in total. The topological polar surface area (TPSA) is 84.7 Å². The van der Waals surface area contributed by atoms with Crippen molar-refractivity contribution in [3.8, 4) is 5.75 Å². The molecule has 2 heterocycles. The molecule has 1 amide bonds. The minimum Gasteiger partial charge on any atom is -0.478 e. The molecule has 0 radical (unpaired) electrons. The Morgan fingerprint density at radius 1 is 1.00 bits per heavy atom. The number of fused-ring (bicyclic) bond motifs is 2. The lowest BCUT2D eigenvalue weighted by atomic mass is 10.0. The van der Waals surface area contributed by atoms with Gasteiger partial charge in [0.2, 0.25) is 6.10 Å². The van der Waals surface area contributed by atoms with E-state index in [1.165, 1.54) is 0 Å². The van der Waals surface area contributed by atoms with Crippen LogP contribution in [0.5, 0.6) is 5.75 Å². The maximum atomic E-state index is 13.4. The number of hydrogen-bond donors (Lipinski definition) is 1. The molecule has 1 N–H and O–H groups in total. The number of ether oxygens (including phenoxy) is 1. The molecule has 206 valence electrons. The minimum absolute atomic E-state index is 0.0480. The summed E-state index contributed by atoms with van der Waals surface area (Å²) in [6.45, 7) is 2.55. The Balaban J connectivity index is 1.31. The Bertz CT molecular complexity index is 1750. The number of rotatable bonds is 9. The van der Waals surface area contributed by atoms with Gasteiger partial charge in [0.05, 0.1) is 17.7 Å². The highest BCUT2D eigenvalue weighted by Crippen LogP contribution is 2.36. The predicted octanol–water partition coefficient (Wildman–Crippen LogP) is 6.95. The summed E-state index contributed by atoms with van der Waals surface area (Å²) in [5, 5.41) is 9.70. The number of carboxylic acid groups (broad SMARTS) is 1. The molecule has 1 aliphatic heterocycles. The average Bonchev–Trinajstić information content (AvgIpc) is 3.49. The van der Waals surface area contributed by atoms with Gasteiger partial charge in [0.1, 0.15) is 17.1 Å². The molecular formula is C33H28ClN3O4. The standard InChI is InChI=1S/C33H28ClN3O4/c1-2-8-29-35-30-27(36-20-24-11-6-7-12-26(24)32(36)38)18-22(19-28(30)37(29)34)17-21-13-15-25(16-14-21)41-31(33(39)40)23-9-4-3-5-10-23/h3-7,9-16,18-19,31H,2,8,17,20H2,1H3,(H,39,40). The predicted molar refractivity (Wildman–Crippen MR) is 159 cm³/mol. The van der Waals surface area contributed by atoms with E-state index in [1.807, 2.05) is 54.6 Å². The largest absolute Gasteiger partial charge is 0.478 e. The van der Waals surface area contributed by atoms with Crippen molar-refractivity contribution in [1.29, 1.82) is 0 Å². The van der Waals surface area contributed by atoms with E-state index < -0.39 is 12.1 Å². The van der Waals surface area contributed by atoms with Crippen LogP contribution in [0.25, 0.3) is 11.0 Å². The Hall–Kier alpha value is -4.62. The summed E-state index contributed by atoms with van der Waals surface area (Å²) in [5.74, 6) is 0.122. The van der Waals surface area contributed by atoms with Crippen LogP contribution in [-0.4, -0.2) is 26.1 Å². The number of amides is 1. The Kier molecular flexibility index (Phi) is 7.20. The van der Waals surface area contributed by atoms with E-state index in [1.54, 1.807) is 45.4 Å². The van der Waals surface area contributed by atoms with Crippen molar-refractivity contribution in [2.45, 2.75) is 38.8 Å². The fraction of sp³-hybridized carbons (Fsp3) is 0.182. The number of nitrogens with zero attached hydrogens (tertiary/aromatic N) is 3. The first-order valence-corrected chi connectivity index (χ1v) is 13.9. The maximum Gasteiger partial charge on any atom is 0.349 e. The number of aliphatic carboxylic acids is 1. The van der Waals surface area contributed by atoms with E-state index in [0.29, 0.717) is 35.4 Å². The highest BCUT2D eigenvalue weighted by molar-refractivity contribution is 6.20. The molecule has 8 heteroatoms. The van der Waals surface area contributed by atoms with Crippen molar-refractivity contribution in [3.63, 3.8) is 0 Å². The van der Waals surface area contributed by atoms with Crippen LogP contribution in [0, 0.1) is 0 Å². The van der Waals surface area contributed by atoms with Gasteiger partial charge >= 0.3 is 5.97 Å². The highest BCUT2D eigenvalue weighted by atomic mass is 35.5. The number of carbonyl (C=O) groups is 2. The summed E-state index contributed by atoms with van der Waals surface area (Å²) in [6.07, 6.45) is 1.09. The monoisotopic (exact) mass is 565 g/mol. The quantitative estimate of drug-likeness (QED) is 0.209. The number of aromatic nitrogens is 2. The zero-order chi connectivity index (χ0) is 28.5. The fourth-order valence-electron chi connectivity index (χ4n) is 5.32. The fourth-order valence-corrected chi connectivity index (χ4v) is 5.57. The van der Waals surface area contributed by atoms with E-state index in [-0.39, 0.29) is 5.91 Å². The molecule has 1 unspecified atom stereocenters. The van der Waals surface area contributed by atoms with Gasteiger partial charge in [0, 0.05) is 29.3 Å². The van der Waals surface area contributed by atoms with Crippen molar-refractivity contribution < 1.29 is 19.4 Å². The first-order valence-electron chi connectivity index (χ1n) is 13.6. The number of carboxylic acids is 1. The first kappa shape index (κ1) is 26.6. The van der Waals surface area contributed by atoms with Crippen molar-refractivity contribution >= 4 is 40.4 Å². The molecule has 1 aromatic heterocycles. The smallest absolute Gasteiger partial charge is 0.349 e. The molecule has 1 atom stereocenters. The SMILES string of the molecule is CCCc1nc2c(N3Cc4ccccc4C3=O)cc(Cc3ccc(OC(C(=O)O)c4ccccc4)cc3)cc2n1Cl. The van der Waals surface area contributed by atoms with E-state index in [9.17, 15) is 14.7 Å². The summed E-state index contributed by atoms with van der Waals surface area (Å²) < 4.78 is 7.43. The van der Waals surface area contributed by atoms with Gasteiger partial charge in [-0.25, -0.2) is 13.9 Å². The second-order valence-electron chi connectivity index (χ2n) is 10.2. The molecular weight excluding hydrogens is 538 g/mol. The van der Waals surface area contributed by atoms with Crippen LogP contribution < -0.4 is 9.64 Å². The zero-order valence-electron chi connectivity index (χ0n) is 22.5. The number of carbonyl (C=O) groups excluding carboxylic acids is 1. The summed E-state index contributed by atoms with van der Waals surface area (Å²) in [5.41, 5.74) is 6.45. The second kappa shape index (κ2) is 11.1. The summed E-state index contributed by atoms with van der Waals surface area (Å²) in [7, 11) is 0. The van der Waals surface area contributed by atoms with Crippen LogP contribution in [0.4, 0.5) is 5.69 Å². The third-order valence-corrected chi connectivity index (χ3v) is 7.68. The molecule has 1 aliphatic rings. The van der Waals surface area contributed by atoms with Crippen LogP contribution in [0.2, 0.25) is 0 Å². The Morgan fingerprint density at radius 2 is 1.73 bits per heavy atom. The Labute approximate surface area is 242 Å². The molecule has 0 aliphatic carbocycles. The third-order valence-electron chi connectivity index (χ3n) is 7.31. The van der Waals surface area contributed by atoms with Crippen LogP contribution in [0.3, 0.4) is 0 Å². The molecule has 5 aromatic rings. The number of benzene rings is 4. The van der Waals surface area contributed by atoms with Crippen molar-refractivity contribution in [3.05, 3.63) is 125 Å². The molecule has 6 rings (SSSR count). The lowest BCUT2D eigenvalue weighted by Crippen LogP contribution is -2.23. The van der Waals surface area contributed by atoms with Gasteiger partial charge in [0.25, 0.3) is 5.91 Å². The third kappa shape index (κ3) is 5.16. The van der Waals surface area contributed by atoms with Crippen molar-refractivity contribution in [1.82, 2.24) is 9.07 Å². The van der Waals surface area contributed by atoms with Gasteiger partial charge in [-0.2, -0.15) is 0 Å². The lowest BCUT2D eigenvalue weighted by Gasteiger charge is -2.18. The summed E-state index contributed by atoms with van der Waals surface area (Å²) >= 11 is 6.75. The molecule has 0 spiro atoms. The van der Waals surface area contributed by atoms with Gasteiger partial charge in [0.15, 0.2) is 0 Å². The summed E-state index contributed by atoms with van der Waals surface area (Å²) in [6, 6.07) is 28.0. The van der Waals surface area contributed by atoms with E-state index in [4.69, 9.17) is 21.5 Å². The van der Waals surface area contributed by atoms with Crippen molar-refractivity contribution in [2.24, 2.45) is 0 Å². The van der Waals surface area contributed by atoms with Crippen LogP contribution >= 0.6 is 11.8 Å². The first-order chi connectivity index (χ1) is 19.9. The highest BCUT2D eigenvalue weighted by Gasteiger charge is 2.31. The van der Waals surface area contributed by atoms with Crippen LogP contribution in [0.1, 0.15) is 57.9 Å². The zero-order valence-corrected chi connectivity index (χ0v) is 23.2. The molecule has 0 saturated carbocycles. The van der Waals surface area contributed by atoms with Gasteiger partial charge in [-0.3, -0.25) is 4.79 Å². The number of anilines is 1. The Morgan fingerprint density at radius 3 is 2.44 bits per heavy atom. The molecule has 0 fully saturated rings. The minimum atomic E-state index is -1.10. The molecule has 41 heavy (non-hydrogen) atoms. The molecule has 4 aromatic carbocycles. The van der Waals surface area contributed by atoms with Crippen LogP contribution in [0.15, 0.2) is 91.0 Å². The average molecular weight is 566 g/mol. The van der Waals surface area contributed by atoms with Crippen LogP contribution in [-0.2, 0) is 24.2 Å². The number of halogens is 1. The van der Waals surface area contributed by atoms with E-state index in [0.717, 1.165) is 46.6 Å². The van der Waals surface area contributed by atoms with Crippen molar-refractivity contribution in [2.75, 3.05) is 4.90 Å².